The molecule has 0 spiro atoms. The number of alkyl carbamates (subject to hydrolysis) is 1. The number of H-pyrrole nitrogens is 3. The maximum Gasteiger partial charge on any atom is 0.407 e. The van der Waals surface area contributed by atoms with Crippen molar-refractivity contribution in [2.45, 2.75) is 70.1 Å². The summed E-state index contributed by atoms with van der Waals surface area (Å²) in [6.07, 6.45) is 7.86. The highest BCUT2D eigenvalue weighted by Crippen LogP contribution is 2.35. The molecule has 0 saturated carbocycles. The molecule has 3 amide bonds. The first-order chi connectivity index (χ1) is 28.6. The number of para-hydroxylation sites is 1. The molecule has 0 radical (unpaired) electrons. The van der Waals surface area contributed by atoms with Crippen LogP contribution in [0.5, 0.6) is 0 Å². The van der Waals surface area contributed by atoms with Gasteiger partial charge in [-0.2, -0.15) is 0 Å². The molecule has 6 aromatic rings. The molecule has 0 unspecified atom stereocenters. The van der Waals surface area contributed by atoms with Gasteiger partial charge in [-0.25, -0.2) is 19.6 Å². The molecule has 2 fully saturated rings. The van der Waals surface area contributed by atoms with Crippen molar-refractivity contribution in [1.29, 1.82) is 0 Å². The number of nitrogens with zero attached hydrogens (tertiary/aromatic N) is 4. The minimum absolute atomic E-state index is 0.119. The van der Waals surface area contributed by atoms with Crippen molar-refractivity contribution in [2.24, 2.45) is 5.92 Å². The van der Waals surface area contributed by atoms with Gasteiger partial charge >= 0.3 is 12.2 Å². The fourth-order valence-electron chi connectivity index (χ4n) is 8.62. The molecule has 14 heteroatoms. The van der Waals surface area contributed by atoms with Crippen molar-refractivity contribution in [3.63, 3.8) is 0 Å². The van der Waals surface area contributed by atoms with Gasteiger partial charge < -0.3 is 40.3 Å². The Hall–Kier alpha value is -6.41. The summed E-state index contributed by atoms with van der Waals surface area (Å²) in [5.41, 5.74) is 7.89. The number of imidazole rings is 2. The molecule has 306 valence electrons. The second-order valence-electron chi connectivity index (χ2n) is 15.9. The van der Waals surface area contributed by atoms with E-state index in [9.17, 15) is 19.5 Å². The number of hydrogen-bond acceptors (Lipinski definition) is 7. The molecule has 5 heterocycles. The van der Waals surface area contributed by atoms with Crippen LogP contribution in [0.4, 0.5) is 9.59 Å². The number of likely N-dealkylation sites (tertiary alicyclic amines) is 2. The van der Waals surface area contributed by atoms with E-state index in [1.165, 1.54) is 7.11 Å². The van der Waals surface area contributed by atoms with Crippen molar-refractivity contribution in [3.8, 4) is 33.6 Å². The van der Waals surface area contributed by atoms with Crippen molar-refractivity contribution < 1.29 is 24.2 Å². The Bertz CT molecular complexity index is 2400. The average molecular weight is 798 g/mol. The predicted octanol–water partition coefficient (Wildman–Crippen LogP) is 7.68. The zero-order valence-corrected chi connectivity index (χ0v) is 33.6. The number of carbonyl (C=O) groups is 3. The van der Waals surface area contributed by atoms with Crippen molar-refractivity contribution >= 4 is 29.0 Å². The van der Waals surface area contributed by atoms with Crippen LogP contribution in [0, 0.1) is 5.92 Å². The molecule has 2 aliphatic rings. The lowest BCUT2D eigenvalue weighted by atomic mass is 10.0. The number of rotatable bonds is 13. The van der Waals surface area contributed by atoms with Crippen LogP contribution in [-0.4, -0.2) is 96.7 Å². The number of carbonyl (C=O) groups excluding carboxylic acids is 2. The van der Waals surface area contributed by atoms with E-state index >= 15 is 0 Å². The summed E-state index contributed by atoms with van der Waals surface area (Å²) in [6.45, 7) is 6.20. The van der Waals surface area contributed by atoms with Crippen molar-refractivity contribution in [2.75, 3.05) is 26.7 Å². The Labute approximate surface area is 342 Å². The molecule has 8 rings (SSSR count). The first kappa shape index (κ1) is 39.4. The highest BCUT2D eigenvalue weighted by molar-refractivity contribution is 5.89. The highest BCUT2D eigenvalue weighted by atomic mass is 16.5. The molecular weight excluding hydrogens is 747 g/mol. The van der Waals surface area contributed by atoms with Gasteiger partial charge in [-0.05, 0) is 72.0 Å². The molecule has 6 N–H and O–H groups in total. The quantitative estimate of drug-likeness (QED) is 0.0688. The lowest BCUT2D eigenvalue weighted by molar-refractivity contribution is -0.134. The van der Waals surface area contributed by atoms with Gasteiger partial charge in [0.1, 0.15) is 17.7 Å². The minimum Gasteiger partial charge on any atom is -0.465 e. The van der Waals surface area contributed by atoms with E-state index in [2.05, 4.69) is 79.0 Å². The van der Waals surface area contributed by atoms with Gasteiger partial charge in [-0.3, -0.25) is 9.69 Å². The minimum atomic E-state index is -0.992. The van der Waals surface area contributed by atoms with Gasteiger partial charge in [0.25, 0.3) is 0 Å². The summed E-state index contributed by atoms with van der Waals surface area (Å²) in [4.78, 5) is 61.8. The second-order valence-corrected chi connectivity index (χ2v) is 15.9. The van der Waals surface area contributed by atoms with Crippen LogP contribution < -0.4 is 10.6 Å². The molecule has 2 saturated heterocycles. The number of aromatic nitrogens is 5. The number of ether oxygens (including phenoxy) is 1. The van der Waals surface area contributed by atoms with Crippen LogP contribution in [0.2, 0.25) is 0 Å². The summed E-state index contributed by atoms with van der Waals surface area (Å²) < 4.78 is 4.90. The fourth-order valence-corrected chi connectivity index (χ4v) is 8.62. The Morgan fingerprint density at radius 2 is 1.41 bits per heavy atom. The summed E-state index contributed by atoms with van der Waals surface area (Å²) in [7, 11) is 1.30. The van der Waals surface area contributed by atoms with E-state index in [0.717, 1.165) is 88.2 Å². The largest absolute Gasteiger partial charge is 0.465 e. The van der Waals surface area contributed by atoms with Gasteiger partial charge in [0.2, 0.25) is 5.91 Å². The number of benzene rings is 3. The van der Waals surface area contributed by atoms with Crippen LogP contribution in [0.25, 0.3) is 44.5 Å². The van der Waals surface area contributed by atoms with Crippen molar-refractivity contribution in [3.05, 3.63) is 109 Å². The summed E-state index contributed by atoms with van der Waals surface area (Å²) in [5, 5.41) is 15.8. The topological polar surface area (TPSA) is 184 Å². The van der Waals surface area contributed by atoms with Gasteiger partial charge in [0, 0.05) is 42.7 Å². The van der Waals surface area contributed by atoms with Crippen LogP contribution in [0.3, 0.4) is 0 Å². The normalized spacial score (nSPS) is 18.0. The SMILES string of the molecule is COC(=O)N[C@@H](Cc1c[nH]c2ccccc12)C(=O)N1CCC[C@H]1c1ncc(-c2ccc(-c3ccc(-c4cnc([C@@H]5CCCN5C[C@@H](NC(=O)O)C(C)C)[nH]4)cc3)cc2)[nH]1. The molecule has 0 bridgehead atoms. The maximum atomic E-state index is 14.1. The maximum absolute atomic E-state index is 14.1. The van der Waals surface area contributed by atoms with E-state index in [1.807, 2.05) is 61.6 Å². The number of carboxylic acid groups (broad SMARTS) is 1. The molecule has 0 aliphatic carbocycles. The Kier molecular flexibility index (Phi) is 11.5. The number of nitrogens with one attached hydrogen (secondary N) is 5. The standard InChI is InChI=1S/C45H51N9O5/c1-27(2)38(51-44(56)57)26-53-20-6-10-39(53)41-47-24-36(49-41)30-16-12-28(13-17-30)29-14-18-31(19-15-29)37-25-48-42(50-37)40-11-7-21-54(40)43(55)35(52-45(58)59-3)22-32-23-46-34-9-5-4-8-33(32)34/h4-5,8-9,12-19,23-25,27,35,38-40,46,51H,6-7,10-11,20-22,26H2,1-3H3,(H,47,49)(H,48,50)(H,52,58)(H,56,57)/t35-,38+,39-,40-/m0/s1. The lowest BCUT2D eigenvalue weighted by Crippen LogP contribution is -2.49. The molecule has 3 aromatic carbocycles. The zero-order valence-electron chi connectivity index (χ0n) is 33.6. The third kappa shape index (κ3) is 8.58. The summed E-state index contributed by atoms with van der Waals surface area (Å²) >= 11 is 0. The predicted molar refractivity (Wildman–Crippen MR) is 225 cm³/mol. The third-order valence-corrected chi connectivity index (χ3v) is 11.9. The second kappa shape index (κ2) is 17.2. The van der Waals surface area contributed by atoms with E-state index in [0.29, 0.717) is 25.3 Å². The summed E-state index contributed by atoms with van der Waals surface area (Å²) in [5.74, 6) is 1.63. The van der Waals surface area contributed by atoms with E-state index in [1.54, 1.807) is 0 Å². The van der Waals surface area contributed by atoms with E-state index < -0.39 is 18.2 Å². The first-order valence-electron chi connectivity index (χ1n) is 20.4. The van der Waals surface area contributed by atoms with E-state index in [-0.39, 0.29) is 30.0 Å². The number of fused-ring (bicyclic) bond motifs is 1. The van der Waals surface area contributed by atoms with Crippen LogP contribution in [0.1, 0.15) is 68.8 Å². The highest BCUT2D eigenvalue weighted by Gasteiger charge is 2.37. The smallest absolute Gasteiger partial charge is 0.407 e. The van der Waals surface area contributed by atoms with Gasteiger partial charge in [-0.15, -0.1) is 0 Å². The third-order valence-electron chi connectivity index (χ3n) is 11.9. The van der Waals surface area contributed by atoms with Crippen LogP contribution in [0.15, 0.2) is 91.4 Å². The van der Waals surface area contributed by atoms with Gasteiger partial charge in [0.05, 0.1) is 43.0 Å². The number of aromatic amines is 3. The zero-order chi connectivity index (χ0) is 41.0. The molecule has 2 aliphatic heterocycles. The molecule has 4 atom stereocenters. The lowest BCUT2D eigenvalue weighted by Gasteiger charge is -2.30. The van der Waals surface area contributed by atoms with Gasteiger partial charge in [0.15, 0.2) is 0 Å². The fraction of sp³-hybridized carbons (Fsp3) is 0.356. The molecule has 59 heavy (non-hydrogen) atoms. The summed E-state index contributed by atoms with van der Waals surface area (Å²) in [6, 6.07) is 23.6. The van der Waals surface area contributed by atoms with Crippen molar-refractivity contribution in [1.82, 2.24) is 45.4 Å². The average Bonchev–Trinajstić information content (AvgIpc) is 4.10. The number of amides is 3. The first-order valence-corrected chi connectivity index (χ1v) is 20.4. The van der Waals surface area contributed by atoms with Gasteiger partial charge in [-0.1, -0.05) is 80.6 Å². The Morgan fingerprint density at radius 1 is 0.814 bits per heavy atom. The molecule has 14 nitrogen and oxygen atoms in total. The van der Waals surface area contributed by atoms with E-state index in [4.69, 9.17) is 14.7 Å². The Morgan fingerprint density at radius 3 is 2.03 bits per heavy atom. The molecule has 3 aromatic heterocycles. The number of methoxy groups -OCH3 is 1. The molecular formula is C45H51N9O5. The van der Waals surface area contributed by atoms with Crippen LogP contribution >= 0.6 is 0 Å². The Balaban J connectivity index is 0.919. The number of hydrogen-bond donors (Lipinski definition) is 6. The van der Waals surface area contributed by atoms with Crippen LogP contribution in [-0.2, 0) is 16.0 Å². The monoisotopic (exact) mass is 797 g/mol.